The SMILES string of the molecule is COc1cc(NC(=O)c2cc3nc(-c4ccc(CO)c(CO)c4)cc(C(F)(F)F)n3n2)ccc1C. The van der Waals surface area contributed by atoms with Crippen molar-refractivity contribution in [3.8, 4) is 17.0 Å². The molecule has 0 unspecified atom stereocenters. The van der Waals surface area contributed by atoms with Crippen molar-refractivity contribution in [2.24, 2.45) is 0 Å². The number of ether oxygens (including phenoxy) is 1. The fraction of sp³-hybridized carbons (Fsp3) is 0.208. The van der Waals surface area contributed by atoms with Gasteiger partial charge in [0.25, 0.3) is 5.91 Å². The molecule has 2 heterocycles. The molecule has 0 spiro atoms. The minimum atomic E-state index is -4.79. The zero-order valence-corrected chi connectivity index (χ0v) is 18.7. The van der Waals surface area contributed by atoms with E-state index in [4.69, 9.17) is 4.74 Å². The second-order valence-electron chi connectivity index (χ2n) is 7.76. The third-order valence-corrected chi connectivity index (χ3v) is 5.46. The molecule has 0 bridgehead atoms. The highest BCUT2D eigenvalue weighted by molar-refractivity contribution is 6.03. The Morgan fingerprint density at radius 1 is 1.06 bits per heavy atom. The molecule has 3 N–H and O–H groups in total. The number of methoxy groups -OCH3 is 1. The maximum atomic E-state index is 13.9. The van der Waals surface area contributed by atoms with E-state index in [1.54, 1.807) is 18.2 Å². The first-order chi connectivity index (χ1) is 16.6. The summed E-state index contributed by atoms with van der Waals surface area (Å²) >= 11 is 0. The van der Waals surface area contributed by atoms with Crippen LogP contribution in [0.15, 0.2) is 48.5 Å². The van der Waals surface area contributed by atoms with Gasteiger partial charge in [-0.1, -0.05) is 18.2 Å². The molecule has 0 atom stereocenters. The summed E-state index contributed by atoms with van der Waals surface area (Å²) in [6, 6.07) is 11.4. The third kappa shape index (κ3) is 4.81. The van der Waals surface area contributed by atoms with E-state index in [9.17, 15) is 28.2 Å². The van der Waals surface area contributed by atoms with Gasteiger partial charge in [-0.2, -0.15) is 18.3 Å². The summed E-state index contributed by atoms with van der Waals surface area (Å²) in [6.45, 7) is 1.10. The van der Waals surface area contributed by atoms with Crippen LogP contribution in [0.5, 0.6) is 5.75 Å². The maximum Gasteiger partial charge on any atom is 0.433 e. The Bertz CT molecular complexity index is 1420. The van der Waals surface area contributed by atoms with E-state index in [2.05, 4.69) is 15.4 Å². The number of carbonyl (C=O) groups is 1. The number of carbonyl (C=O) groups excluding carboxylic acids is 1. The fourth-order valence-corrected chi connectivity index (χ4v) is 3.61. The van der Waals surface area contributed by atoms with Crippen LogP contribution in [0.3, 0.4) is 0 Å². The van der Waals surface area contributed by atoms with Gasteiger partial charge in [0, 0.05) is 23.4 Å². The summed E-state index contributed by atoms with van der Waals surface area (Å²) in [5.74, 6) is -0.177. The minimum Gasteiger partial charge on any atom is -0.496 e. The van der Waals surface area contributed by atoms with E-state index < -0.39 is 24.4 Å². The number of halogens is 3. The maximum absolute atomic E-state index is 13.9. The van der Waals surface area contributed by atoms with Gasteiger partial charge in [0.1, 0.15) is 5.75 Å². The Morgan fingerprint density at radius 3 is 2.46 bits per heavy atom. The Hall–Kier alpha value is -3.96. The predicted octanol–water partition coefficient (Wildman–Crippen LogP) is 3.97. The van der Waals surface area contributed by atoms with Crippen LogP contribution in [0, 0.1) is 6.92 Å². The molecule has 2 aromatic carbocycles. The molecule has 0 fully saturated rings. The van der Waals surface area contributed by atoms with Crippen molar-refractivity contribution in [1.29, 1.82) is 0 Å². The van der Waals surface area contributed by atoms with Gasteiger partial charge in [0.15, 0.2) is 17.0 Å². The number of fused-ring (bicyclic) bond motifs is 1. The van der Waals surface area contributed by atoms with E-state index in [0.29, 0.717) is 32.6 Å². The van der Waals surface area contributed by atoms with Crippen LogP contribution in [-0.4, -0.2) is 37.8 Å². The van der Waals surface area contributed by atoms with Crippen molar-refractivity contribution in [3.05, 3.63) is 76.6 Å². The van der Waals surface area contributed by atoms with E-state index in [1.807, 2.05) is 6.92 Å². The topological polar surface area (TPSA) is 109 Å². The molecule has 2 aromatic heterocycles. The first-order valence-corrected chi connectivity index (χ1v) is 10.4. The molecule has 1 amide bonds. The van der Waals surface area contributed by atoms with Gasteiger partial charge in [-0.3, -0.25) is 4.79 Å². The smallest absolute Gasteiger partial charge is 0.433 e. The number of alkyl halides is 3. The number of aliphatic hydroxyl groups excluding tert-OH is 2. The zero-order chi connectivity index (χ0) is 25.3. The predicted molar refractivity (Wildman–Crippen MR) is 121 cm³/mol. The number of nitrogens with one attached hydrogen (secondary N) is 1. The molecule has 0 aliphatic heterocycles. The Kier molecular flexibility index (Phi) is 6.46. The van der Waals surface area contributed by atoms with Crippen LogP contribution in [0.2, 0.25) is 0 Å². The number of rotatable bonds is 6. The molecular weight excluding hydrogens is 465 g/mol. The third-order valence-electron chi connectivity index (χ3n) is 5.46. The molecule has 0 saturated carbocycles. The van der Waals surface area contributed by atoms with Gasteiger partial charge in [-0.15, -0.1) is 0 Å². The highest BCUT2D eigenvalue weighted by atomic mass is 19.4. The molecular formula is C24H21F3N4O4. The van der Waals surface area contributed by atoms with Gasteiger partial charge in [0.05, 0.1) is 26.0 Å². The summed E-state index contributed by atoms with van der Waals surface area (Å²) in [7, 11) is 1.48. The zero-order valence-electron chi connectivity index (χ0n) is 18.7. The summed E-state index contributed by atoms with van der Waals surface area (Å²) in [4.78, 5) is 17.0. The normalized spacial score (nSPS) is 11.6. The minimum absolute atomic E-state index is 0.0286. The largest absolute Gasteiger partial charge is 0.496 e. The van der Waals surface area contributed by atoms with Gasteiger partial charge in [0.2, 0.25) is 0 Å². The van der Waals surface area contributed by atoms with Gasteiger partial charge < -0.3 is 20.3 Å². The lowest BCUT2D eigenvalue weighted by Crippen LogP contribution is -2.16. The highest BCUT2D eigenvalue weighted by Gasteiger charge is 2.35. The summed E-state index contributed by atoms with van der Waals surface area (Å²) in [5, 5.41) is 25.4. The van der Waals surface area contributed by atoms with Crippen molar-refractivity contribution >= 4 is 17.2 Å². The number of amides is 1. The first kappa shape index (κ1) is 24.2. The average molecular weight is 486 g/mol. The molecule has 0 saturated heterocycles. The van der Waals surface area contributed by atoms with Crippen LogP contribution >= 0.6 is 0 Å². The second kappa shape index (κ2) is 9.35. The molecule has 8 nitrogen and oxygen atoms in total. The number of anilines is 1. The lowest BCUT2D eigenvalue weighted by atomic mass is 10.0. The molecule has 0 aliphatic carbocycles. The van der Waals surface area contributed by atoms with Crippen molar-refractivity contribution in [3.63, 3.8) is 0 Å². The van der Waals surface area contributed by atoms with Crippen LogP contribution in [-0.2, 0) is 19.4 Å². The molecule has 0 radical (unpaired) electrons. The standard InChI is InChI=1S/C24H21F3N4O4/c1-13-3-6-17(8-20(13)35-2)28-23(34)19-10-22-29-18(9-21(24(25,26)27)31(22)30-19)14-4-5-15(11-32)16(7-14)12-33/h3-10,32-33H,11-12H2,1-2H3,(H,28,34). The number of benzene rings is 2. The molecule has 35 heavy (non-hydrogen) atoms. The fourth-order valence-electron chi connectivity index (χ4n) is 3.61. The summed E-state index contributed by atoms with van der Waals surface area (Å²) in [6.07, 6.45) is -4.79. The lowest BCUT2D eigenvalue weighted by Gasteiger charge is -2.12. The Labute approximate surface area is 197 Å². The van der Waals surface area contributed by atoms with Crippen LogP contribution in [0.4, 0.5) is 18.9 Å². The molecule has 182 valence electrons. The molecule has 4 aromatic rings. The lowest BCUT2D eigenvalue weighted by molar-refractivity contribution is -0.142. The quantitative estimate of drug-likeness (QED) is 0.381. The monoisotopic (exact) mass is 486 g/mol. The summed E-state index contributed by atoms with van der Waals surface area (Å²) in [5.41, 5.74) is 0.764. The highest BCUT2D eigenvalue weighted by Crippen LogP contribution is 2.33. The van der Waals surface area contributed by atoms with E-state index in [-0.39, 0.29) is 23.6 Å². The molecule has 11 heteroatoms. The Morgan fingerprint density at radius 2 is 1.80 bits per heavy atom. The van der Waals surface area contributed by atoms with Crippen molar-refractivity contribution < 1.29 is 32.9 Å². The number of aliphatic hydroxyl groups is 2. The van der Waals surface area contributed by atoms with Crippen LogP contribution in [0.1, 0.15) is 32.9 Å². The van der Waals surface area contributed by atoms with E-state index >= 15 is 0 Å². The number of hydrogen-bond donors (Lipinski definition) is 3. The Balaban J connectivity index is 1.77. The number of aryl methyl sites for hydroxylation is 1. The van der Waals surface area contributed by atoms with Crippen molar-refractivity contribution in [2.75, 3.05) is 12.4 Å². The van der Waals surface area contributed by atoms with Gasteiger partial charge in [-0.25, -0.2) is 9.50 Å². The van der Waals surface area contributed by atoms with Gasteiger partial charge >= 0.3 is 6.18 Å². The first-order valence-electron chi connectivity index (χ1n) is 10.4. The van der Waals surface area contributed by atoms with Crippen molar-refractivity contribution in [1.82, 2.24) is 14.6 Å². The van der Waals surface area contributed by atoms with Crippen LogP contribution < -0.4 is 10.1 Å². The van der Waals surface area contributed by atoms with E-state index in [0.717, 1.165) is 17.7 Å². The average Bonchev–Trinajstić information content (AvgIpc) is 3.27. The van der Waals surface area contributed by atoms with Crippen LogP contribution in [0.25, 0.3) is 16.9 Å². The van der Waals surface area contributed by atoms with Gasteiger partial charge in [-0.05, 0) is 41.8 Å². The molecule has 4 rings (SSSR count). The number of nitrogens with zero attached hydrogens (tertiary/aromatic N) is 3. The number of hydrogen-bond acceptors (Lipinski definition) is 6. The van der Waals surface area contributed by atoms with E-state index in [1.165, 1.54) is 25.3 Å². The van der Waals surface area contributed by atoms with Crippen molar-refractivity contribution in [2.45, 2.75) is 26.3 Å². The summed E-state index contributed by atoms with van der Waals surface area (Å²) < 4.78 is 47.4. The second-order valence-corrected chi connectivity index (χ2v) is 7.76. The molecule has 0 aliphatic rings. The number of aromatic nitrogens is 3.